The number of ether oxygens (including phenoxy) is 1. The van der Waals surface area contributed by atoms with Crippen LogP contribution in [0.1, 0.15) is 29.9 Å². The average molecular weight is 471 g/mol. The predicted octanol–water partition coefficient (Wildman–Crippen LogP) is 5.21. The van der Waals surface area contributed by atoms with Crippen molar-refractivity contribution in [1.29, 1.82) is 0 Å². The molecule has 166 valence electrons. The summed E-state index contributed by atoms with van der Waals surface area (Å²) in [5, 5.41) is 3.15. The molecule has 4 rings (SSSR count). The highest BCUT2D eigenvalue weighted by Gasteiger charge is 2.27. The number of aryl methyl sites for hydroxylation is 1. The van der Waals surface area contributed by atoms with Crippen LogP contribution in [-0.2, 0) is 21.2 Å². The number of amides is 1. The van der Waals surface area contributed by atoms with Crippen molar-refractivity contribution in [1.82, 2.24) is 0 Å². The molecule has 0 aliphatic heterocycles. The summed E-state index contributed by atoms with van der Waals surface area (Å²) in [6.45, 7) is 0. The summed E-state index contributed by atoms with van der Waals surface area (Å²) < 4.78 is 33.9. The smallest absolute Gasteiger partial charge is 0.265 e. The first kappa shape index (κ1) is 22.2. The van der Waals surface area contributed by atoms with Gasteiger partial charge in [-0.3, -0.25) is 9.52 Å². The van der Waals surface area contributed by atoms with Crippen LogP contribution in [0.4, 0.5) is 11.4 Å². The van der Waals surface area contributed by atoms with Crippen molar-refractivity contribution in [3.05, 3.63) is 82.9 Å². The van der Waals surface area contributed by atoms with Gasteiger partial charge in [-0.25, -0.2) is 8.42 Å². The number of para-hydroxylation sites is 1. The normalized spacial score (nSPS) is 15.5. The molecular formula is C24H23ClN2O4S. The van der Waals surface area contributed by atoms with Crippen LogP contribution in [-0.4, -0.2) is 21.4 Å². The molecule has 0 saturated carbocycles. The summed E-state index contributed by atoms with van der Waals surface area (Å²) in [6.07, 6.45) is 2.63. The molecule has 0 aromatic heterocycles. The summed E-state index contributed by atoms with van der Waals surface area (Å²) in [6, 6.07) is 19.0. The van der Waals surface area contributed by atoms with Gasteiger partial charge in [0.2, 0.25) is 5.91 Å². The molecule has 1 aliphatic rings. The van der Waals surface area contributed by atoms with Gasteiger partial charge in [-0.15, -0.1) is 0 Å². The predicted molar refractivity (Wildman–Crippen MR) is 126 cm³/mol. The Kier molecular flexibility index (Phi) is 6.39. The van der Waals surface area contributed by atoms with Gasteiger partial charge in [0, 0.05) is 5.69 Å². The van der Waals surface area contributed by atoms with Crippen LogP contribution < -0.4 is 14.8 Å². The van der Waals surface area contributed by atoms with Crippen LogP contribution in [0.2, 0.25) is 5.02 Å². The van der Waals surface area contributed by atoms with Crippen molar-refractivity contribution in [3.8, 4) is 5.75 Å². The fraction of sp³-hybridized carbons (Fsp3) is 0.208. The zero-order valence-electron chi connectivity index (χ0n) is 17.5. The minimum atomic E-state index is -4.02. The van der Waals surface area contributed by atoms with Crippen LogP contribution in [0.25, 0.3) is 0 Å². The Morgan fingerprint density at radius 2 is 1.81 bits per heavy atom. The van der Waals surface area contributed by atoms with Crippen LogP contribution in [0.15, 0.2) is 71.6 Å². The average Bonchev–Trinajstić information content (AvgIpc) is 2.80. The van der Waals surface area contributed by atoms with Gasteiger partial charge >= 0.3 is 0 Å². The number of halogens is 1. The number of sulfonamides is 1. The molecule has 1 amide bonds. The number of fused-ring (bicyclic) bond motifs is 1. The van der Waals surface area contributed by atoms with E-state index in [1.807, 2.05) is 24.3 Å². The van der Waals surface area contributed by atoms with Gasteiger partial charge in [0.1, 0.15) is 10.6 Å². The molecule has 6 nitrogen and oxygen atoms in total. The van der Waals surface area contributed by atoms with Crippen LogP contribution in [0, 0.1) is 0 Å². The minimum Gasteiger partial charge on any atom is -0.495 e. The summed E-state index contributed by atoms with van der Waals surface area (Å²) in [7, 11) is -2.63. The van der Waals surface area contributed by atoms with Gasteiger partial charge in [0.25, 0.3) is 10.0 Å². The lowest BCUT2D eigenvalue weighted by molar-refractivity contribution is -0.117. The van der Waals surface area contributed by atoms with E-state index < -0.39 is 10.0 Å². The van der Waals surface area contributed by atoms with Gasteiger partial charge in [-0.1, -0.05) is 48.0 Å². The standard InChI is InChI=1S/C24H23ClN2O4S/c1-31-22-14-13-17(15-23(22)32(29,30)27-21-12-5-4-11-20(21)25)26-24(28)19-10-6-8-16-7-2-3-9-18(16)19/h2-5,7,9,11-15,19,27H,6,8,10H2,1H3,(H,26,28). The van der Waals surface area contributed by atoms with Crippen LogP contribution >= 0.6 is 11.6 Å². The van der Waals surface area contributed by atoms with E-state index in [2.05, 4.69) is 10.0 Å². The molecule has 1 atom stereocenters. The fourth-order valence-corrected chi connectivity index (χ4v) is 5.48. The maximum Gasteiger partial charge on any atom is 0.265 e. The number of nitrogens with one attached hydrogen (secondary N) is 2. The molecule has 32 heavy (non-hydrogen) atoms. The SMILES string of the molecule is COc1ccc(NC(=O)C2CCCc3ccccc32)cc1S(=O)(=O)Nc1ccccc1Cl. The molecule has 2 N–H and O–H groups in total. The number of anilines is 2. The number of hydrogen-bond acceptors (Lipinski definition) is 4. The summed E-state index contributed by atoms with van der Waals surface area (Å²) in [4.78, 5) is 13.0. The molecule has 0 saturated heterocycles. The maximum atomic E-state index is 13.1. The van der Waals surface area contributed by atoms with Crippen molar-refractivity contribution in [2.24, 2.45) is 0 Å². The highest BCUT2D eigenvalue weighted by atomic mass is 35.5. The third-order valence-corrected chi connectivity index (χ3v) is 7.24. The van der Waals surface area contributed by atoms with Gasteiger partial charge in [0.05, 0.1) is 23.7 Å². The van der Waals surface area contributed by atoms with Crippen molar-refractivity contribution in [2.75, 3.05) is 17.1 Å². The highest BCUT2D eigenvalue weighted by Crippen LogP contribution is 2.34. The first-order valence-electron chi connectivity index (χ1n) is 10.2. The van der Waals surface area contributed by atoms with Gasteiger partial charge in [0.15, 0.2) is 0 Å². The Morgan fingerprint density at radius 1 is 1.06 bits per heavy atom. The number of benzene rings is 3. The molecule has 0 spiro atoms. The van der Waals surface area contributed by atoms with E-state index in [1.165, 1.54) is 24.8 Å². The summed E-state index contributed by atoms with van der Waals surface area (Å²) >= 11 is 6.10. The molecule has 0 fully saturated rings. The van der Waals surface area contributed by atoms with Crippen molar-refractivity contribution in [2.45, 2.75) is 30.1 Å². The quantitative estimate of drug-likeness (QED) is 0.518. The number of hydrogen-bond donors (Lipinski definition) is 2. The molecular weight excluding hydrogens is 448 g/mol. The van der Waals surface area contributed by atoms with Crippen molar-refractivity contribution in [3.63, 3.8) is 0 Å². The summed E-state index contributed by atoms with van der Waals surface area (Å²) in [5.41, 5.74) is 2.83. The second-order valence-corrected chi connectivity index (χ2v) is 9.64. The lowest BCUT2D eigenvalue weighted by Crippen LogP contribution is -2.25. The van der Waals surface area contributed by atoms with Crippen LogP contribution in [0.5, 0.6) is 5.75 Å². The third-order valence-electron chi connectivity index (χ3n) is 5.52. The zero-order chi connectivity index (χ0) is 22.7. The second-order valence-electron chi connectivity index (χ2n) is 7.58. The number of methoxy groups -OCH3 is 1. The Morgan fingerprint density at radius 3 is 2.59 bits per heavy atom. The Hall–Kier alpha value is -3.03. The molecule has 8 heteroatoms. The molecule has 3 aromatic carbocycles. The Balaban J connectivity index is 1.61. The second kappa shape index (κ2) is 9.22. The monoisotopic (exact) mass is 470 g/mol. The van der Waals surface area contributed by atoms with Gasteiger partial charge in [-0.2, -0.15) is 0 Å². The Bertz CT molecular complexity index is 1260. The molecule has 3 aromatic rings. The number of rotatable bonds is 6. The molecule has 0 bridgehead atoms. The van der Waals surface area contributed by atoms with E-state index in [0.29, 0.717) is 5.69 Å². The van der Waals surface area contributed by atoms with E-state index >= 15 is 0 Å². The van der Waals surface area contributed by atoms with Crippen molar-refractivity contribution >= 4 is 38.9 Å². The third kappa shape index (κ3) is 4.59. The summed E-state index contributed by atoms with van der Waals surface area (Å²) in [5.74, 6) is -0.279. The molecule has 1 unspecified atom stereocenters. The Labute approximate surface area is 192 Å². The first-order chi connectivity index (χ1) is 15.4. The molecule has 0 heterocycles. The first-order valence-corrected chi connectivity index (χ1v) is 12.1. The number of carbonyl (C=O) groups excluding carboxylic acids is 1. The van der Waals surface area contributed by atoms with E-state index in [4.69, 9.17) is 16.3 Å². The van der Waals surface area contributed by atoms with E-state index in [1.54, 1.807) is 30.3 Å². The van der Waals surface area contributed by atoms with E-state index in [0.717, 1.165) is 24.8 Å². The lowest BCUT2D eigenvalue weighted by Gasteiger charge is -2.24. The fourth-order valence-electron chi connectivity index (χ4n) is 3.96. The molecule has 1 aliphatic carbocycles. The lowest BCUT2D eigenvalue weighted by atomic mass is 9.82. The number of carbonyl (C=O) groups is 1. The van der Waals surface area contributed by atoms with Gasteiger partial charge < -0.3 is 10.1 Å². The highest BCUT2D eigenvalue weighted by molar-refractivity contribution is 7.92. The minimum absolute atomic E-state index is 0.0956. The van der Waals surface area contributed by atoms with Gasteiger partial charge in [-0.05, 0) is 60.7 Å². The molecule has 0 radical (unpaired) electrons. The van der Waals surface area contributed by atoms with E-state index in [9.17, 15) is 13.2 Å². The zero-order valence-corrected chi connectivity index (χ0v) is 19.0. The van der Waals surface area contributed by atoms with E-state index in [-0.39, 0.29) is 33.2 Å². The maximum absolute atomic E-state index is 13.1. The topological polar surface area (TPSA) is 84.5 Å². The largest absolute Gasteiger partial charge is 0.495 e. The van der Waals surface area contributed by atoms with Crippen LogP contribution in [0.3, 0.4) is 0 Å². The van der Waals surface area contributed by atoms with Crippen molar-refractivity contribution < 1.29 is 17.9 Å².